The van der Waals surface area contributed by atoms with Crippen LogP contribution in [0.5, 0.6) is 5.75 Å². The topological polar surface area (TPSA) is 109 Å². The highest BCUT2D eigenvalue weighted by molar-refractivity contribution is 6.30. The molecule has 0 spiro atoms. The molecule has 2 heterocycles. The van der Waals surface area contributed by atoms with E-state index in [9.17, 15) is 14.4 Å². The number of urea groups is 1. The zero-order valence-corrected chi connectivity index (χ0v) is 20.4. The van der Waals surface area contributed by atoms with E-state index in [4.69, 9.17) is 21.1 Å². The first kappa shape index (κ1) is 24.8. The van der Waals surface area contributed by atoms with Crippen LogP contribution in [-0.2, 0) is 9.53 Å². The molecule has 0 aromatic heterocycles. The summed E-state index contributed by atoms with van der Waals surface area (Å²) in [5.74, 6) is 0.151. The third-order valence-corrected chi connectivity index (χ3v) is 6.41. The molecule has 4 rings (SSSR count). The van der Waals surface area contributed by atoms with Crippen LogP contribution in [0.2, 0.25) is 5.02 Å². The number of hydrogen-bond acceptors (Lipinski definition) is 5. The van der Waals surface area contributed by atoms with Crippen LogP contribution in [-0.4, -0.2) is 61.2 Å². The summed E-state index contributed by atoms with van der Waals surface area (Å²) >= 11 is 5.88. The van der Waals surface area contributed by atoms with Crippen molar-refractivity contribution < 1.29 is 23.9 Å². The van der Waals surface area contributed by atoms with Gasteiger partial charge in [0, 0.05) is 30.0 Å². The van der Waals surface area contributed by atoms with Crippen LogP contribution in [0.1, 0.15) is 36.5 Å². The van der Waals surface area contributed by atoms with Crippen LogP contribution >= 0.6 is 11.6 Å². The average Bonchev–Trinajstić information content (AvgIpc) is 2.83. The molecule has 1 fully saturated rings. The highest BCUT2D eigenvalue weighted by Gasteiger charge is 2.39. The second kappa shape index (κ2) is 11.0. The Morgan fingerprint density at radius 2 is 1.80 bits per heavy atom. The summed E-state index contributed by atoms with van der Waals surface area (Å²) in [6, 6.07) is 11.1. The number of ether oxygens (including phenoxy) is 2. The van der Waals surface area contributed by atoms with Crippen molar-refractivity contribution in [3.63, 3.8) is 0 Å². The zero-order chi connectivity index (χ0) is 24.9. The molecule has 2 aromatic rings. The van der Waals surface area contributed by atoms with Gasteiger partial charge in [0.2, 0.25) is 5.91 Å². The number of rotatable bonds is 5. The summed E-state index contributed by atoms with van der Waals surface area (Å²) in [6.45, 7) is 2.71. The SMILES string of the molecule is CCNC(=O)C[C@@H]1CC[C@H]2[C@@H](COc3ccc(NC(=O)Nc4ccc(Cl)cc4)cc3C(=O)N2C)O1. The molecule has 9 nitrogen and oxygen atoms in total. The van der Waals surface area contributed by atoms with Crippen LogP contribution in [0.3, 0.4) is 0 Å². The van der Waals surface area contributed by atoms with Gasteiger partial charge in [-0.1, -0.05) is 11.6 Å². The number of anilines is 2. The van der Waals surface area contributed by atoms with E-state index in [1.165, 1.54) is 0 Å². The lowest BCUT2D eigenvalue weighted by atomic mass is 9.94. The predicted octanol–water partition coefficient (Wildman–Crippen LogP) is 3.89. The molecular formula is C25H29ClN4O5. The monoisotopic (exact) mass is 500 g/mol. The minimum absolute atomic E-state index is 0.0439. The molecule has 1 saturated heterocycles. The lowest BCUT2D eigenvalue weighted by Crippen LogP contribution is -2.54. The van der Waals surface area contributed by atoms with E-state index in [0.29, 0.717) is 53.5 Å². The number of hydrogen-bond donors (Lipinski definition) is 3. The van der Waals surface area contributed by atoms with Crippen molar-refractivity contribution in [2.45, 2.75) is 44.4 Å². The van der Waals surface area contributed by atoms with Crippen molar-refractivity contribution in [3.8, 4) is 5.75 Å². The van der Waals surface area contributed by atoms with Gasteiger partial charge in [-0.05, 0) is 62.2 Å². The van der Waals surface area contributed by atoms with Crippen molar-refractivity contribution in [2.24, 2.45) is 0 Å². The number of fused-ring (bicyclic) bond motifs is 2. The number of likely N-dealkylation sites (N-methyl/N-ethyl adjacent to an activating group) is 1. The summed E-state index contributed by atoms with van der Waals surface area (Å²) in [7, 11) is 1.75. The van der Waals surface area contributed by atoms with Gasteiger partial charge >= 0.3 is 6.03 Å². The maximum Gasteiger partial charge on any atom is 0.323 e. The van der Waals surface area contributed by atoms with Gasteiger partial charge in [0.1, 0.15) is 18.5 Å². The Kier molecular flexibility index (Phi) is 7.77. The third-order valence-electron chi connectivity index (χ3n) is 6.16. The quantitative estimate of drug-likeness (QED) is 0.577. The number of benzene rings is 2. The highest BCUT2D eigenvalue weighted by atomic mass is 35.5. The van der Waals surface area contributed by atoms with Gasteiger partial charge in [-0.2, -0.15) is 0 Å². The number of carbonyl (C=O) groups excluding carboxylic acids is 3. The fourth-order valence-corrected chi connectivity index (χ4v) is 4.53. The lowest BCUT2D eigenvalue weighted by Gasteiger charge is -2.42. The number of nitrogens with one attached hydrogen (secondary N) is 3. The van der Waals surface area contributed by atoms with Crippen LogP contribution in [0, 0.1) is 0 Å². The summed E-state index contributed by atoms with van der Waals surface area (Å²) in [5, 5.41) is 8.84. The van der Waals surface area contributed by atoms with Crippen molar-refractivity contribution >= 4 is 40.8 Å². The van der Waals surface area contributed by atoms with Gasteiger partial charge in [-0.3, -0.25) is 9.59 Å². The standard InChI is InChI=1S/C25H29ClN4O5/c1-3-27-23(31)13-18-9-10-20-22(35-18)14-34-21-11-8-17(12-19(21)24(32)30(20)2)29-25(33)28-16-6-4-15(26)5-7-16/h4-8,11-12,18,20,22H,3,9-10,13-14H2,1-2H3,(H,27,31)(H2,28,29,33)/t18-,20-,22+/m0/s1. The Morgan fingerprint density at radius 3 is 2.54 bits per heavy atom. The van der Waals surface area contributed by atoms with Gasteiger partial charge in [-0.25, -0.2) is 4.79 Å². The molecule has 35 heavy (non-hydrogen) atoms. The molecule has 186 valence electrons. The molecular weight excluding hydrogens is 472 g/mol. The van der Waals surface area contributed by atoms with Crippen molar-refractivity contribution in [2.75, 3.05) is 30.8 Å². The van der Waals surface area contributed by atoms with E-state index in [2.05, 4.69) is 16.0 Å². The Morgan fingerprint density at radius 1 is 1.09 bits per heavy atom. The van der Waals surface area contributed by atoms with Gasteiger partial charge in [0.25, 0.3) is 5.91 Å². The first-order valence-electron chi connectivity index (χ1n) is 11.6. The molecule has 2 aromatic carbocycles. The fraction of sp³-hybridized carbons (Fsp3) is 0.400. The minimum Gasteiger partial charge on any atom is -0.490 e. The van der Waals surface area contributed by atoms with E-state index in [-0.39, 0.29) is 36.7 Å². The first-order chi connectivity index (χ1) is 16.8. The highest BCUT2D eigenvalue weighted by Crippen LogP contribution is 2.32. The molecule has 3 N–H and O–H groups in total. The van der Waals surface area contributed by atoms with Crippen LogP contribution in [0.15, 0.2) is 42.5 Å². The maximum absolute atomic E-state index is 13.3. The molecule has 0 bridgehead atoms. The molecule has 0 unspecified atom stereocenters. The number of carbonyl (C=O) groups is 3. The Balaban J connectivity index is 1.44. The Labute approximate surface area is 209 Å². The zero-order valence-electron chi connectivity index (χ0n) is 19.7. The normalized spacial score (nSPS) is 21.5. The molecule has 2 aliphatic heterocycles. The first-order valence-corrected chi connectivity index (χ1v) is 12.0. The van der Waals surface area contributed by atoms with E-state index >= 15 is 0 Å². The summed E-state index contributed by atoms with van der Waals surface area (Å²) in [4.78, 5) is 39.4. The van der Waals surface area contributed by atoms with E-state index in [1.54, 1.807) is 54.4 Å². The second-order valence-electron chi connectivity index (χ2n) is 8.62. The van der Waals surface area contributed by atoms with E-state index in [1.807, 2.05) is 6.92 Å². The van der Waals surface area contributed by atoms with Crippen molar-refractivity contribution in [3.05, 3.63) is 53.1 Å². The third kappa shape index (κ3) is 6.04. The molecule has 4 amide bonds. The molecule has 10 heteroatoms. The fourth-order valence-electron chi connectivity index (χ4n) is 4.41. The number of amides is 4. The molecule has 3 atom stereocenters. The van der Waals surface area contributed by atoms with Crippen LogP contribution < -0.4 is 20.7 Å². The van der Waals surface area contributed by atoms with Gasteiger partial charge in [0.15, 0.2) is 0 Å². The molecule has 2 aliphatic rings. The molecule has 0 radical (unpaired) electrons. The second-order valence-corrected chi connectivity index (χ2v) is 9.06. The van der Waals surface area contributed by atoms with E-state index < -0.39 is 6.03 Å². The predicted molar refractivity (Wildman–Crippen MR) is 133 cm³/mol. The van der Waals surface area contributed by atoms with Gasteiger partial charge in [-0.15, -0.1) is 0 Å². The largest absolute Gasteiger partial charge is 0.490 e. The Hall–Kier alpha value is -3.30. The summed E-state index contributed by atoms with van der Waals surface area (Å²) in [5.41, 5.74) is 1.41. The van der Waals surface area contributed by atoms with Gasteiger partial charge in [0.05, 0.1) is 24.1 Å². The van der Waals surface area contributed by atoms with Crippen LogP contribution in [0.25, 0.3) is 0 Å². The summed E-state index contributed by atoms with van der Waals surface area (Å²) in [6.07, 6.45) is 1.12. The van der Waals surface area contributed by atoms with Crippen molar-refractivity contribution in [1.29, 1.82) is 0 Å². The Bertz CT molecular complexity index is 1090. The smallest absolute Gasteiger partial charge is 0.323 e. The van der Waals surface area contributed by atoms with Crippen LogP contribution in [0.4, 0.5) is 16.2 Å². The minimum atomic E-state index is -0.446. The molecule has 0 saturated carbocycles. The van der Waals surface area contributed by atoms with E-state index in [0.717, 1.165) is 0 Å². The van der Waals surface area contributed by atoms with Crippen molar-refractivity contribution in [1.82, 2.24) is 10.2 Å². The lowest BCUT2D eigenvalue weighted by molar-refractivity contribution is -0.133. The summed E-state index contributed by atoms with van der Waals surface area (Å²) < 4.78 is 12.1. The average molecular weight is 501 g/mol. The molecule has 0 aliphatic carbocycles. The number of halogens is 1. The maximum atomic E-state index is 13.3. The number of nitrogens with zero attached hydrogens (tertiary/aromatic N) is 1. The van der Waals surface area contributed by atoms with Gasteiger partial charge < -0.3 is 30.3 Å².